The van der Waals surface area contributed by atoms with Crippen LogP contribution in [-0.2, 0) is 24.4 Å². The first-order valence-electron chi connectivity index (χ1n) is 8.32. The van der Waals surface area contributed by atoms with E-state index in [4.69, 9.17) is 4.74 Å². The van der Waals surface area contributed by atoms with Crippen molar-refractivity contribution >= 4 is 0 Å². The van der Waals surface area contributed by atoms with Gasteiger partial charge in [0.2, 0.25) is 0 Å². The number of rotatable bonds is 8. The van der Waals surface area contributed by atoms with Crippen LogP contribution in [0.25, 0.3) is 0 Å². The van der Waals surface area contributed by atoms with Crippen molar-refractivity contribution < 1.29 is 4.74 Å². The van der Waals surface area contributed by atoms with Gasteiger partial charge in [-0.2, -0.15) is 0 Å². The average Bonchev–Trinajstić information content (AvgIpc) is 2.64. The fraction of sp³-hybridized carbons (Fsp3) is 0.182. The molecule has 0 aromatic heterocycles. The monoisotopic (exact) mass is 317 g/mol. The van der Waals surface area contributed by atoms with E-state index < -0.39 is 0 Å². The highest BCUT2D eigenvalue weighted by molar-refractivity contribution is 5.17. The Hall–Kier alpha value is -2.42. The highest BCUT2D eigenvalue weighted by Gasteiger charge is 2.07. The predicted octanol–water partition coefficient (Wildman–Crippen LogP) is 4.86. The maximum Gasteiger partial charge on any atom is 0.100 e. The Morgan fingerprint density at radius 1 is 0.542 bits per heavy atom. The van der Waals surface area contributed by atoms with Crippen LogP contribution in [0.15, 0.2) is 91.0 Å². The third-order valence-corrected chi connectivity index (χ3v) is 3.88. The van der Waals surface area contributed by atoms with Crippen molar-refractivity contribution in [1.82, 2.24) is 4.90 Å². The summed E-state index contributed by atoms with van der Waals surface area (Å²) in [7, 11) is 0. The van der Waals surface area contributed by atoms with Crippen LogP contribution in [0.4, 0.5) is 0 Å². The molecule has 122 valence electrons. The SMILES string of the molecule is c1ccc(COCN(Cc2ccccc2)Cc2ccccc2)cc1. The molecule has 0 saturated carbocycles. The van der Waals surface area contributed by atoms with Crippen molar-refractivity contribution in [3.8, 4) is 0 Å². The van der Waals surface area contributed by atoms with Crippen LogP contribution in [0.1, 0.15) is 16.7 Å². The first-order chi connectivity index (χ1) is 11.9. The second-order valence-corrected chi connectivity index (χ2v) is 5.92. The molecular weight excluding hydrogens is 294 g/mol. The van der Waals surface area contributed by atoms with Crippen molar-refractivity contribution in [2.45, 2.75) is 19.7 Å². The van der Waals surface area contributed by atoms with Crippen LogP contribution in [-0.4, -0.2) is 11.6 Å². The van der Waals surface area contributed by atoms with Crippen LogP contribution in [0.2, 0.25) is 0 Å². The minimum atomic E-state index is 0.610. The summed E-state index contributed by atoms with van der Waals surface area (Å²) in [6.45, 7) is 3.01. The Morgan fingerprint density at radius 3 is 1.42 bits per heavy atom. The molecule has 0 aliphatic rings. The molecule has 0 N–H and O–H groups in total. The average molecular weight is 317 g/mol. The topological polar surface area (TPSA) is 12.5 Å². The van der Waals surface area contributed by atoms with E-state index in [1.165, 1.54) is 16.7 Å². The smallest absolute Gasteiger partial charge is 0.100 e. The second-order valence-electron chi connectivity index (χ2n) is 5.92. The molecule has 0 bridgehead atoms. The normalized spacial score (nSPS) is 10.9. The Balaban J connectivity index is 1.60. The number of hydrogen-bond acceptors (Lipinski definition) is 2. The molecule has 3 rings (SSSR count). The number of benzene rings is 3. The summed E-state index contributed by atoms with van der Waals surface area (Å²) >= 11 is 0. The fourth-order valence-corrected chi connectivity index (χ4v) is 2.70. The van der Waals surface area contributed by atoms with Gasteiger partial charge in [0.15, 0.2) is 0 Å². The molecule has 3 aromatic rings. The van der Waals surface area contributed by atoms with Gasteiger partial charge in [-0.25, -0.2) is 0 Å². The summed E-state index contributed by atoms with van der Waals surface area (Å²) in [5, 5.41) is 0. The summed E-state index contributed by atoms with van der Waals surface area (Å²) < 4.78 is 5.95. The predicted molar refractivity (Wildman–Crippen MR) is 98.2 cm³/mol. The Morgan fingerprint density at radius 2 is 0.958 bits per heavy atom. The molecule has 0 aliphatic heterocycles. The van der Waals surface area contributed by atoms with Crippen LogP contribution in [0.5, 0.6) is 0 Å². The van der Waals surface area contributed by atoms with E-state index >= 15 is 0 Å². The third kappa shape index (κ3) is 5.34. The lowest BCUT2D eigenvalue weighted by molar-refractivity contribution is 0.00974. The standard InChI is InChI=1S/C22H23NO/c1-4-10-20(11-5-1)16-23(17-21-12-6-2-7-13-21)19-24-18-22-14-8-3-9-15-22/h1-15H,16-19H2. The number of nitrogens with zero attached hydrogens (tertiary/aromatic N) is 1. The lowest BCUT2D eigenvalue weighted by Crippen LogP contribution is -2.25. The molecular formula is C22H23NO. The highest BCUT2D eigenvalue weighted by Crippen LogP contribution is 2.11. The zero-order valence-corrected chi connectivity index (χ0v) is 13.8. The Bertz CT molecular complexity index is 656. The van der Waals surface area contributed by atoms with Gasteiger partial charge in [-0.1, -0.05) is 91.0 Å². The van der Waals surface area contributed by atoms with E-state index in [9.17, 15) is 0 Å². The molecule has 0 amide bonds. The maximum atomic E-state index is 5.95. The summed E-state index contributed by atoms with van der Waals surface area (Å²) in [5.74, 6) is 0. The number of ether oxygens (including phenoxy) is 1. The van der Waals surface area contributed by atoms with Gasteiger partial charge in [-0.05, 0) is 16.7 Å². The van der Waals surface area contributed by atoms with E-state index in [1.54, 1.807) is 0 Å². The van der Waals surface area contributed by atoms with Crippen LogP contribution in [0.3, 0.4) is 0 Å². The molecule has 24 heavy (non-hydrogen) atoms. The molecule has 0 atom stereocenters. The van der Waals surface area contributed by atoms with E-state index in [1.807, 2.05) is 18.2 Å². The van der Waals surface area contributed by atoms with E-state index in [2.05, 4.69) is 77.7 Å². The van der Waals surface area contributed by atoms with Crippen molar-refractivity contribution in [2.24, 2.45) is 0 Å². The largest absolute Gasteiger partial charge is 0.361 e. The molecule has 0 aliphatic carbocycles. The molecule has 3 aromatic carbocycles. The summed E-state index contributed by atoms with van der Waals surface area (Å²) in [4.78, 5) is 2.33. The fourth-order valence-electron chi connectivity index (χ4n) is 2.70. The van der Waals surface area contributed by atoms with Gasteiger partial charge in [0.25, 0.3) is 0 Å². The first-order valence-corrected chi connectivity index (χ1v) is 8.32. The molecule has 0 saturated heterocycles. The Kier molecular flexibility index (Phi) is 6.18. The van der Waals surface area contributed by atoms with Crippen molar-refractivity contribution in [1.29, 1.82) is 0 Å². The zero-order chi connectivity index (χ0) is 16.5. The third-order valence-electron chi connectivity index (χ3n) is 3.88. The minimum Gasteiger partial charge on any atom is -0.361 e. The minimum absolute atomic E-state index is 0.610. The molecule has 0 radical (unpaired) electrons. The van der Waals surface area contributed by atoms with Crippen molar-refractivity contribution in [2.75, 3.05) is 6.73 Å². The van der Waals surface area contributed by atoms with E-state index in [-0.39, 0.29) is 0 Å². The molecule has 0 heterocycles. The summed E-state index contributed by atoms with van der Waals surface area (Å²) in [6, 6.07) is 31.4. The first kappa shape index (κ1) is 16.4. The lowest BCUT2D eigenvalue weighted by atomic mass is 10.2. The van der Waals surface area contributed by atoms with Crippen LogP contribution >= 0.6 is 0 Å². The van der Waals surface area contributed by atoms with Crippen LogP contribution in [0, 0.1) is 0 Å². The molecule has 0 spiro atoms. The zero-order valence-electron chi connectivity index (χ0n) is 13.8. The van der Waals surface area contributed by atoms with Gasteiger partial charge in [0.05, 0.1) is 6.61 Å². The van der Waals surface area contributed by atoms with Gasteiger partial charge in [-0.3, -0.25) is 4.90 Å². The van der Waals surface area contributed by atoms with E-state index in [0.29, 0.717) is 13.3 Å². The van der Waals surface area contributed by atoms with Gasteiger partial charge >= 0.3 is 0 Å². The van der Waals surface area contributed by atoms with Gasteiger partial charge in [0, 0.05) is 13.1 Å². The molecule has 0 fully saturated rings. The van der Waals surface area contributed by atoms with Gasteiger partial charge in [0.1, 0.15) is 6.73 Å². The summed E-state index contributed by atoms with van der Waals surface area (Å²) in [5.41, 5.74) is 3.81. The Labute approximate surface area is 144 Å². The quantitative estimate of drug-likeness (QED) is 0.550. The lowest BCUT2D eigenvalue weighted by Gasteiger charge is -2.22. The van der Waals surface area contributed by atoms with Gasteiger partial charge in [-0.15, -0.1) is 0 Å². The number of hydrogen-bond donors (Lipinski definition) is 0. The van der Waals surface area contributed by atoms with Crippen molar-refractivity contribution in [3.63, 3.8) is 0 Å². The molecule has 2 heteroatoms. The van der Waals surface area contributed by atoms with E-state index in [0.717, 1.165) is 13.1 Å². The molecule has 0 unspecified atom stereocenters. The highest BCUT2D eigenvalue weighted by atomic mass is 16.5. The maximum absolute atomic E-state index is 5.95. The van der Waals surface area contributed by atoms with Crippen LogP contribution < -0.4 is 0 Å². The van der Waals surface area contributed by atoms with Gasteiger partial charge < -0.3 is 4.74 Å². The second kappa shape index (κ2) is 9.02. The molecule has 2 nitrogen and oxygen atoms in total. The van der Waals surface area contributed by atoms with Crippen molar-refractivity contribution in [3.05, 3.63) is 108 Å². The summed E-state index contributed by atoms with van der Waals surface area (Å²) in [6.07, 6.45) is 0.